The Morgan fingerprint density at radius 1 is 1.03 bits per heavy atom. The standard InChI is InChI=1S/C22H27N7O/c1-22(2,3)16-6-4-5-7-17(16)26-19-12-18(15-13-24-20(23)25-14-15)27-21(28-19)29-8-10-30-11-9-29/h4-7,12-14H,8-11H2,1-3H3,(H2,23,24,25)(H,26,27,28). The van der Waals surface area contributed by atoms with Gasteiger partial charge in [0.15, 0.2) is 0 Å². The third-order valence-electron chi connectivity index (χ3n) is 4.97. The second kappa shape index (κ2) is 8.23. The van der Waals surface area contributed by atoms with Gasteiger partial charge < -0.3 is 20.7 Å². The summed E-state index contributed by atoms with van der Waals surface area (Å²) in [6.07, 6.45) is 3.36. The molecule has 1 aliphatic heterocycles. The molecule has 8 heteroatoms. The molecule has 1 aromatic carbocycles. The highest BCUT2D eigenvalue weighted by Crippen LogP contribution is 2.32. The number of nitrogens with two attached hydrogens (primary N) is 1. The smallest absolute Gasteiger partial charge is 0.228 e. The van der Waals surface area contributed by atoms with E-state index in [1.165, 1.54) is 5.56 Å². The molecular formula is C22H27N7O. The zero-order valence-corrected chi connectivity index (χ0v) is 17.6. The van der Waals surface area contributed by atoms with Gasteiger partial charge in [0.25, 0.3) is 0 Å². The zero-order valence-electron chi connectivity index (χ0n) is 17.6. The maximum absolute atomic E-state index is 5.65. The maximum Gasteiger partial charge on any atom is 0.228 e. The Balaban J connectivity index is 1.75. The molecule has 0 atom stereocenters. The van der Waals surface area contributed by atoms with E-state index in [0.29, 0.717) is 19.2 Å². The fourth-order valence-electron chi connectivity index (χ4n) is 3.41. The van der Waals surface area contributed by atoms with E-state index >= 15 is 0 Å². The molecule has 8 nitrogen and oxygen atoms in total. The number of nitrogens with one attached hydrogen (secondary N) is 1. The van der Waals surface area contributed by atoms with Crippen LogP contribution < -0.4 is 16.0 Å². The van der Waals surface area contributed by atoms with Crippen molar-refractivity contribution in [1.29, 1.82) is 0 Å². The van der Waals surface area contributed by atoms with Crippen LogP contribution in [0, 0.1) is 0 Å². The van der Waals surface area contributed by atoms with Gasteiger partial charge in [0.05, 0.1) is 18.9 Å². The lowest BCUT2D eigenvalue weighted by Crippen LogP contribution is -2.37. The van der Waals surface area contributed by atoms with E-state index in [-0.39, 0.29) is 11.4 Å². The van der Waals surface area contributed by atoms with Gasteiger partial charge in [0.2, 0.25) is 11.9 Å². The van der Waals surface area contributed by atoms with Gasteiger partial charge in [-0.1, -0.05) is 39.0 Å². The number of rotatable bonds is 4. The zero-order chi connectivity index (χ0) is 21.1. The van der Waals surface area contributed by atoms with Gasteiger partial charge in [-0.25, -0.2) is 15.0 Å². The van der Waals surface area contributed by atoms with E-state index in [9.17, 15) is 0 Å². The number of para-hydroxylation sites is 1. The molecule has 0 spiro atoms. The number of nitrogens with zero attached hydrogens (tertiary/aromatic N) is 5. The van der Waals surface area contributed by atoms with Crippen molar-refractivity contribution in [2.24, 2.45) is 0 Å². The molecule has 1 saturated heterocycles. The quantitative estimate of drug-likeness (QED) is 0.681. The summed E-state index contributed by atoms with van der Waals surface area (Å²) in [6, 6.07) is 10.2. The average Bonchev–Trinajstić information content (AvgIpc) is 2.74. The van der Waals surface area contributed by atoms with E-state index in [4.69, 9.17) is 20.4 Å². The van der Waals surface area contributed by atoms with Crippen LogP contribution in [-0.2, 0) is 10.2 Å². The number of benzene rings is 1. The van der Waals surface area contributed by atoms with Crippen molar-refractivity contribution in [3.63, 3.8) is 0 Å². The van der Waals surface area contributed by atoms with E-state index in [0.717, 1.165) is 35.9 Å². The van der Waals surface area contributed by atoms with Gasteiger partial charge in [0.1, 0.15) is 5.82 Å². The maximum atomic E-state index is 5.65. The van der Waals surface area contributed by atoms with Crippen molar-refractivity contribution in [3.05, 3.63) is 48.3 Å². The molecule has 3 heterocycles. The van der Waals surface area contributed by atoms with Gasteiger partial charge in [0, 0.05) is 42.8 Å². The summed E-state index contributed by atoms with van der Waals surface area (Å²) in [5, 5.41) is 3.51. The van der Waals surface area contributed by atoms with Crippen LogP contribution in [0.4, 0.5) is 23.4 Å². The second-order valence-corrected chi connectivity index (χ2v) is 8.29. The Kier molecular flexibility index (Phi) is 5.50. The van der Waals surface area contributed by atoms with Crippen LogP contribution in [0.3, 0.4) is 0 Å². The first-order chi connectivity index (χ1) is 14.4. The SMILES string of the molecule is CC(C)(C)c1ccccc1Nc1cc(-c2cnc(N)nc2)nc(N2CCOCC2)n1. The van der Waals surface area contributed by atoms with Crippen LogP contribution in [0.2, 0.25) is 0 Å². The highest BCUT2D eigenvalue weighted by molar-refractivity contribution is 5.69. The number of anilines is 4. The first-order valence-corrected chi connectivity index (χ1v) is 10.1. The molecular weight excluding hydrogens is 378 g/mol. The lowest BCUT2D eigenvalue weighted by Gasteiger charge is -2.28. The normalized spacial score (nSPS) is 14.6. The number of morpholine rings is 1. The number of aromatic nitrogens is 4. The molecule has 0 saturated carbocycles. The van der Waals surface area contributed by atoms with Crippen molar-refractivity contribution in [1.82, 2.24) is 19.9 Å². The number of ether oxygens (including phenoxy) is 1. The van der Waals surface area contributed by atoms with Crippen LogP contribution in [0.5, 0.6) is 0 Å². The van der Waals surface area contributed by atoms with E-state index in [1.54, 1.807) is 12.4 Å². The first kappa shape index (κ1) is 20.0. The lowest BCUT2D eigenvalue weighted by atomic mass is 9.86. The van der Waals surface area contributed by atoms with Crippen LogP contribution in [0.15, 0.2) is 42.7 Å². The molecule has 156 valence electrons. The van der Waals surface area contributed by atoms with E-state index in [1.807, 2.05) is 12.1 Å². The average molecular weight is 406 g/mol. The van der Waals surface area contributed by atoms with Crippen LogP contribution in [0.25, 0.3) is 11.3 Å². The van der Waals surface area contributed by atoms with Gasteiger partial charge in [-0.3, -0.25) is 0 Å². The first-order valence-electron chi connectivity index (χ1n) is 10.1. The second-order valence-electron chi connectivity index (χ2n) is 8.29. The third-order valence-corrected chi connectivity index (χ3v) is 4.97. The minimum atomic E-state index is -0.00269. The largest absolute Gasteiger partial charge is 0.378 e. The summed E-state index contributed by atoms with van der Waals surface area (Å²) in [5.41, 5.74) is 9.41. The predicted molar refractivity (Wildman–Crippen MR) is 119 cm³/mol. The molecule has 0 unspecified atom stereocenters. The minimum absolute atomic E-state index is 0.00269. The monoisotopic (exact) mass is 405 g/mol. The summed E-state index contributed by atoms with van der Waals surface area (Å²) >= 11 is 0. The van der Waals surface area contributed by atoms with Gasteiger partial charge in [-0.2, -0.15) is 4.98 Å². The van der Waals surface area contributed by atoms with Crippen molar-refractivity contribution >= 4 is 23.4 Å². The molecule has 4 rings (SSSR count). The fraction of sp³-hybridized carbons (Fsp3) is 0.364. The lowest BCUT2D eigenvalue weighted by molar-refractivity contribution is 0.122. The third kappa shape index (κ3) is 4.49. The Labute approximate surface area is 176 Å². The van der Waals surface area contributed by atoms with Crippen molar-refractivity contribution < 1.29 is 4.74 Å². The fourth-order valence-corrected chi connectivity index (χ4v) is 3.41. The molecule has 3 N–H and O–H groups in total. The molecule has 0 aliphatic carbocycles. The molecule has 1 fully saturated rings. The molecule has 30 heavy (non-hydrogen) atoms. The van der Waals surface area contributed by atoms with Crippen LogP contribution in [-0.4, -0.2) is 46.2 Å². The summed E-state index contributed by atoms with van der Waals surface area (Å²) in [5.74, 6) is 1.61. The molecule has 1 aliphatic rings. The highest BCUT2D eigenvalue weighted by atomic mass is 16.5. The Bertz CT molecular complexity index is 1010. The van der Waals surface area contributed by atoms with Gasteiger partial charge in [-0.05, 0) is 17.0 Å². The molecule has 0 amide bonds. The van der Waals surface area contributed by atoms with Crippen LogP contribution >= 0.6 is 0 Å². The highest BCUT2D eigenvalue weighted by Gasteiger charge is 2.20. The van der Waals surface area contributed by atoms with E-state index < -0.39 is 0 Å². The molecule has 0 bridgehead atoms. The Morgan fingerprint density at radius 3 is 2.43 bits per heavy atom. The number of hydrogen-bond donors (Lipinski definition) is 2. The molecule has 2 aromatic heterocycles. The molecule has 3 aromatic rings. The van der Waals surface area contributed by atoms with Crippen molar-refractivity contribution in [3.8, 4) is 11.3 Å². The van der Waals surface area contributed by atoms with Gasteiger partial charge in [-0.15, -0.1) is 0 Å². The number of nitrogen functional groups attached to an aromatic ring is 1. The minimum Gasteiger partial charge on any atom is -0.378 e. The topological polar surface area (TPSA) is 102 Å². The molecule has 0 radical (unpaired) electrons. The van der Waals surface area contributed by atoms with Gasteiger partial charge >= 0.3 is 0 Å². The van der Waals surface area contributed by atoms with Crippen LogP contribution in [0.1, 0.15) is 26.3 Å². The Morgan fingerprint density at radius 2 is 1.73 bits per heavy atom. The number of hydrogen-bond acceptors (Lipinski definition) is 8. The summed E-state index contributed by atoms with van der Waals surface area (Å²) in [6.45, 7) is 9.42. The summed E-state index contributed by atoms with van der Waals surface area (Å²) in [4.78, 5) is 19.9. The summed E-state index contributed by atoms with van der Waals surface area (Å²) in [7, 11) is 0. The summed E-state index contributed by atoms with van der Waals surface area (Å²) < 4.78 is 5.48. The van der Waals surface area contributed by atoms with Crippen molar-refractivity contribution in [2.75, 3.05) is 42.3 Å². The van der Waals surface area contributed by atoms with Crippen molar-refractivity contribution in [2.45, 2.75) is 26.2 Å². The Hall–Kier alpha value is -3.26. The predicted octanol–water partition coefficient (Wildman–Crippen LogP) is 3.39. The van der Waals surface area contributed by atoms with E-state index in [2.05, 4.69) is 59.2 Å².